The van der Waals surface area contributed by atoms with E-state index in [4.69, 9.17) is 4.74 Å². The Morgan fingerprint density at radius 1 is 1.31 bits per heavy atom. The van der Waals surface area contributed by atoms with Gasteiger partial charge in [-0.3, -0.25) is 9.59 Å². The van der Waals surface area contributed by atoms with E-state index >= 15 is 0 Å². The van der Waals surface area contributed by atoms with Crippen LogP contribution in [-0.4, -0.2) is 45.2 Å². The number of thioether (sulfide) groups is 1. The number of rotatable bonds is 5. The molecule has 1 aliphatic heterocycles. The predicted molar refractivity (Wildman–Crippen MR) is 102 cm³/mol. The number of aryl methyl sites for hydroxylation is 3. The number of carbonyl (C=O) groups excluding carboxylic acids is 1. The molecule has 1 aliphatic rings. The molecule has 1 unspecified atom stereocenters. The van der Waals surface area contributed by atoms with Crippen LogP contribution in [0, 0.1) is 20.8 Å². The van der Waals surface area contributed by atoms with Crippen LogP contribution in [0.15, 0.2) is 34.2 Å². The maximum atomic E-state index is 12.6. The maximum absolute atomic E-state index is 12.6. The molecule has 2 aromatic rings. The van der Waals surface area contributed by atoms with Crippen LogP contribution in [0.2, 0.25) is 0 Å². The molecular formula is C19H23N3O3S. The highest BCUT2D eigenvalue weighted by molar-refractivity contribution is 8.00. The highest BCUT2D eigenvalue weighted by Gasteiger charge is 2.35. The molecule has 7 heteroatoms. The monoisotopic (exact) mass is 373 g/mol. The van der Waals surface area contributed by atoms with Crippen LogP contribution in [0.5, 0.6) is 5.75 Å². The van der Waals surface area contributed by atoms with Gasteiger partial charge in [0.25, 0.3) is 5.56 Å². The Hall–Kier alpha value is -2.28. The van der Waals surface area contributed by atoms with Crippen molar-refractivity contribution in [3.63, 3.8) is 0 Å². The fraction of sp³-hybridized carbons (Fsp3) is 0.421. The van der Waals surface area contributed by atoms with Crippen molar-refractivity contribution >= 4 is 17.7 Å². The highest BCUT2D eigenvalue weighted by Crippen LogP contribution is 2.27. The van der Waals surface area contributed by atoms with Crippen molar-refractivity contribution < 1.29 is 9.53 Å². The third kappa shape index (κ3) is 4.09. The van der Waals surface area contributed by atoms with Crippen molar-refractivity contribution in [3.05, 3.63) is 51.4 Å². The predicted octanol–water partition coefficient (Wildman–Crippen LogP) is 2.47. The first-order valence-corrected chi connectivity index (χ1v) is 9.47. The van der Waals surface area contributed by atoms with Gasteiger partial charge in [0.2, 0.25) is 5.91 Å². The Morgan fingerprint density at radius 2 is 1.96 bits per heavy atom. The van der Waals surface area contributed by atoms with Crippen molar-refractivity contribution in [1.29, 1.82) is 0 Å². The Kier molecular flexibility index (Phi) is 5.36. The molecular weight excluding hydrogens is 350 g/mol. The molecule has 3 rings (SSSR count). The summed E-state index contributed by atoms with van der Waals surface area (Å²) in [6.45, 7) is 8.80. The summed E-state index contributed by atoms with van der Waals surface area (Å²) in [6, 6.07) is 7.49. The Labute approximate surface area is 157 Å². The summed E-state index contributed by atoms with van der Waals surface area (Å²) in [5, 5.41) is 0.154. The number of likely N-dealkylation sites (tertiary alicyclic amines) is 1. The quantitative estimate of drug-likeness (QED) is 0.644. The summed E-state index contributed by atoms with van der Waals surface area (Å²) in [5.41, 5.74) is 2.65. The third-order valence-corrected chi connectivity index (χ3v) is 5.31. The zero-order chi connectivity index (χ0) is 18.8. The molecule has 138 valence electrons. The summed E-state index contributed by atoms with van der Waals surface area (Å²) < 4.78 is 6.06. The molecule has 0 radical (unpaired) electrons. The SMILES string of the molecule is Cc1cc(=O)[nH]c(SC(C)C(=O)N2CC(Oc3c(C)cccc3C)C2)n1. The molecule has 1 N–H and O–H groups in total. The molecule has 1 atom stereocenters. The van der Waals surface area contributed by atoms with E-state index in [2.05, 4.69) is 9.97 Å². The van der Waals surface area contributed by atoms with Gasteiger partial charge in [-0.1, -0.05) is 30.0 Å². The zero-order valence-corrected chi connectivity index (χ0v) is 16.2. The van der Waals surface area contributed by atoms with Crippen LogP contribution >= 0.6 is 11.8 Å². The van der Waals surface area contributed by atoms with Crippen molar-refractivity contribution in [3.8, 4) is 5.75 Å². The normalized spacial score (nSPS) is 15.5. The number of aromatic nitrogens is 2. The van der Waals surface area contributed by atoms with Crippen LogP contribution in [0.25, 0.3) is 0 Å². The van der Waals surface area contributed by atoms with E-state index in [1.54, 1.807) is 11.8 Å². The van der Waals surface area contributed by atoms with E-state index in [9.17, 15) is 9.59 Å². The lowest BCUT2D eigenvalue weighted by molar-refractivity contribution is -0.139. The second-order valence-electron chi connectivity index (χ2n) is 6.66. The van der Waals surface area contributed by atoms with Crippen molar-refractivity contribution in [2.24, 2.45) is 0 Å². The third-order valence-electron chi connectivity index (χ3n) is 4.34. The molecule has 1 aromatic heterocycles. The largest absolute Gasteiger partial charge is 0.486 e. The van der Waals surface area contributed by atoms with Gasteiger partial charge in [-0.05, 0) is 38.8 Å². The van der Waals surface area contributed by atoms with Gasteiger partial charge >= 0.3 is 0 Å². The van der Waals surface area contributed by atoms with E-state index < -0.39 is 0 Å². The number of hydrogen-bond donors (Lipinski definition) is 1. The van der Waals surface area contributed by atoms with Crippen LogP contribution in [0.4, 0.5) is 0 Å². The number of H-pyrrole nitrogens is 1. The number of para-hydroxylation sites is 1. The lowest BCUT2D eigenvalue weighted by Gasteiger charge is -2.40. The number of aromatic amines is 1. The van der Waals surface area contributed by atoms with E-state index in [0.717, 1.165) is 16.9 Å². The Balaban J connectivity index is 1.55. The van der Waals surface area contributed by atoms with Crippen molar-refractivity contribution in [2.45, 2.75) is 44.2 Å². The first-order valence-electron chi connectivity index (χ1n) is 8.60. The molecule has 0 saturated carbocycles. The number of nitrogens with one attached hydrogen (secondary N) is 1. The number of ether oxygens (including phenoxy) is 1. The molecule has 2 heterocycles. The number of nitrogens with zero attached hydrogens (tertiary/aromatic N) is 2. The summed E-state index contributed by atoms with van der Waals surface area (Å²) in [6.07, 6.45) is 0.0212. The fourth-order valence-corrected chi connectivity index (χ4v) is 3.87. The van der Waals surface area contributed by atoms with Crippen LogP contribution in [0.3, 0.4) is 0 Å². The fourth-order valence-electron chi connectivity index (χ4n) is 2.93. The van der Waals surface area contributed by atoms with E-state index in [-0.39, 0.29) is 22.8 Å². The minimum Gasteiger partial charge on any atom is -0.486 e. The smallest absolute Gasteiger partial charge is 0.251 e. The summed E-state index contributed by atoms with van der Waals surface area (Å²) in [5.74, 6) is 0.939. The summed E-state index contributed by atoms with van der Waals surface area (Å²) in [4.78, 5) is 32.8. The Morgan fingerprint density at radius 3 is 2.58 bits per heavy atom. The van der Waals surface area contributed by atoms with Gasteiger partial charge in [-0.15, -0.1) is 0 Å². The van der Waals surface area contributed by atoms with Gasteiger partial charge in [0.1, 0.15) is 11.9 Å². The van der Waals surface area contributed by atoms with Crippen molar-refractivity contribution in [2.75, 3.05) is 13.1 Å². The molecule has 0 spiro atoms. The molecule has 6 nitrogen and oxygen atoms in total. The minimum absolute atomic E-state index is 0.0212. The number of benzene rings is 1. The minimum atomic E-state index is -0.318. The average molecular weight is 373 g/mol. The average Bonchev–Trinajstić information content (AvgIpc) is 2.51. The van der Waals surface area contributed by atoms with Gasteiger partial charge in [0.05, 0.1) is 18.3 Å². The van der Waals surface area contributed by atoms with Crippen molar-refractivity contribution in [1.82, 2.24) is 14.9 Å². The van der Waals surface area contributed by atoms with Gasteiger partial charge in [0, 0.05) is 11.8 Å². The number of carbonyl (C=O) groups is 1. The Bertz CT molecular complexity index is 854. The number of hydrogen-bond acceptors (Lipinski definition) is 5. The standard InChI is InChI=1S/C19H23N3O3S/c1-11-6-5-7-12(2)17(11)25-15-9-22(10-15)18(24)14(4)26-19-20-13(3)8-16(23)21-19/h5-8,14-15H,9-10H2,1-4H3,(H,20,21,23). The van der Waals surface area contributed by atoms with Crippen LogP contribution < -0.4 is 10.3 Å². The maximum Gasteiger partial charge on any atom is 0.251 e. The summed E-state index contributed by atoms with van der Waals surface area (Å²) >= 11 is 1.27. The second-order valence-corrected chi connectivity index (χ2v) is 7.99. The lowest BCUT2D eigenvalue weighted by Crippen LogP contribution is -2.58. The number of amides is 1. The molecule has 1 amide bonds. The molecule has 0 bridgehead atoms. The molecule has 1 fully saturated rings. The van der Waals surface area contributed by atoms with E-state index in [1.165, 1.54) is 17.8 Å². The van der Waals surface area contributed by atoms with Crippen LogP contribution in [0.1, 0.15) is 23.7 Å². The van der Waals surface area contributed by atoms with Gasteiger partial charge in [0.15, 0.2) is 5.16 Å². The van der Waals surface area contributed by atoms with Gasteiger partial charge in [-0.2, -0.15) is 0 Å². The van der Waals surface area contributed by atoms with E-state index in [1.807, 2.05) is 39.0 Å². The van der Waals surface area contributed by atoms with E-state index in [0.29, 0.717) is 23.9 Å². The lowest BCUT2D eigenvalue weighted by atomic mass is 10.1. The second kappa shape index (κ2) is 7.53. The molecule has 1 saturated heterocycles. The first kappa shape index (κ1) is 18.5. The van der Waals surface area contributed by atoms with Gasteiger partial charge < -0.3 is 14.6 Å². The van der Waals surface area contributed by atoms with Gasteiger partial charge in [-0.25, -0.2) is 4.98 Å². The topological polar surface area (TPSA) is 75.3 Å². The summed E-state index contributed by atoms with van der Waals surface area (Å²) in [7, 11) is 0. The first-order chi connectivity index (χ1) is 12.3. The highest BCUT2D eigenvalue weighted by atomic mass is 32.2. The molecule has 0 aliphatic carbocycles. The van der Waals surface area contributed by atoms with Crippen LogP contribution in [-0.2, 0) is 4.79 Å². The zero-order valence-electron chi connectivity index (χ0n) is 15.4. The molecule has 26 heavy (non-hydrogen) atoms. The molecule has 1 aromatic carbocycles.